The molecule has 4 N–H and O–H groups in total. The molecule has 0 fully saturated rings. The van der Waals surface area contributed by atoms with Crippen molar-refractivity contribution in [2.75, 3.05) is 17.6 Å². The van der Waals surface area contributed by atoms with Crippen LogP contribution in [0.15, 0.2) is 16.7 Å². The highest BCUT2D eigenvalue weighted by Gasteiger charge is 2.00. The van der Waals surface area contributed by atoms with Gasteiger partial charge in [-0.3, -0.25) is 0 Å². The zero-order valence-corrected chi connectivity index (χ0v) is 8.45. The standard InChI is InChI=1S/C9H13N5O/c1-6-4-7(5-15-6)2-3-11-9-12-8(10)13-14-9/h4-5H,2-3H2,1H3,(H4,10,11,12,13,14). The van der Waals surface area contributed by atoms with Gasteiger partial charge in [-0.25, -0.2) is 5.10 Å². The fourth-order valence-electron chi connectivity index (χ4n) is 1.30. The van der Waals surface area contributed by atoms with Crippen LogP contribution in [0.3, 0.4) is 0 Å². The molecule has 2 rings (SSSR count). The molecule has 6 nitrogen and oxygen atoms in total. The number of rotatable bonds is 4. The van der Waals surface area contributed by atoms with E-state index in [1.54, 1.807) is 6.26 Å². The molecule has 0 spiro atoms. The first-order valence-electron chi connectivity index (χ1n) is 4.70. The Morgan fingerprint density at radius 1 is 1.60 bits per heavy atom. The van der Waals surface area contributed by atoms with E-state index in [1.807, 2.05) is 13.0 Å². The number of anilines is 2. The Kier molecular flexibility index (Phi) is 2.57. The zero-order chi connectivity index (χ0) is 10.7. The number of hydrogen-bond donors (Lipinski definition) is 3. The molecule has 0 radical (unpaired) electrons. The second-order valence-corrected chi connectivity index (χ2v) is 3.29. The molecular weight excluding hydrogens is 194 g/mol. The van der Waals surface area contributed by atoms with E-state index in [1.165, 1.54) is 0 Å². The number of nitrogen functional groups attached to an aromatic ring is 1. The summed E-state index contributed by atoms with van der Waals surface area (Å²) < 4.78 is 5.19. The molecule has 0 aliphatic heterocycles. The van der Waals surface area contributed by atoms with E-state index in [0.717, 1.165) is 24.3 Å². The summed E-state index contributed by atoms with van der Waals surface area (Å²) in [5.41, 5.74) is 6.54. The molecule has 0 aliphatic rings. The van der Waals surface area contributed by atoms with Crippen LogP contribution < -0.4 is 11.1 Å². The lowest BCUT2D eigenvalue weighted by Crippen LogP contribution is -2.05. The predicted octanol–water partition coefficient (Wildman–Crippen LogP) is 0.943. The SMILES string of the molecule is Cc1cc(CCNc2n[nH]c(N)n2)co1. The normalized spacial score (nSPS) is 10.5. The minimum atomic E-state index is 0.316. The number of hydrogen-bond acceptors (Lipinski definition) is 5. The van der Waals surface area contributed by atoms with Crippen molar-refractivity contribution >= 4 is 11.9 Å². The lowest BCUT2D eigenvalue weighted by atomic mass is 10.2. The maximum atomic E-state index is 5.38. The molecule has 6 heteroatoms. The van der Waals surface area contributed by atoms with Crippen molar-refractivity contribution in [1.29, 1.82) is 0 Å². The zero-order valence-electron chi connectivity index (χ0n) is 8.45. The summed E-state index contributed by atoms with van der Waals surface area (Å²) in [6, 6.07) is 2.01. The van der Waals surface area contributed by atoms with Crippen LogP contribution >= 0.6 is 0 Å². The molecule has 80 valence electrons. The third kappa shape index (κ3) is 2.49. The summed E-state index contributed by atoms with van der Waals surface area (Å²) in [6.07, 6.45) is 2.62. The van der Waals surface area contributed by atoms with Crippen LogP contribution in [-0.2, 0) is 6.42 Å². The Labute approximate surface area is 86.9 Å². The van der Waals surface area contributed by atoms with Crippen LogP contribution in [0.5, 0.6) is 0 Å². The smallest absolute Gasteiger partial charge is 0.243 e. The minimum absolute atomic E-state index is 0.316. The first-order chi connectivity index (χ1) is 7.24. The van der Waals surface area contributed by atoms with Crippen molar-refractivity contribution in [2.45, 2.75) is 13.3 Å². The van der Waals surface area contributed by atoms with Gasteiger partial charge in [0.25, 0.3) is 0 Å². The minimum Gasteiger partial charge on any atom is -0.469 e. The third-order valence-corrected chi connectivity index (χ3v) is 1.98. The average molecular weight is 207 g/mol. The summed E-state index contributed by atoms with van der Waals surface area (Å²) >= 11 is 0. The number of furan rings is 1. The van der Waals surface area contributed by atoms with E-state index in [-0.39, 0.29) is 0 Å². The Balaban J connectivity index is 1.80. The van der Waals surface area contributed by atoms with Crippen molar-refractivity contribution in [2.24, 2.45) is 0 Å². The molecule has 15 heavy (non-hydrogen) atoms. The summed E-state index contributed by atoms with van der Waals surface area (Å²) in [6.45, 7) is 2.67. The molecule has 0 aromatic carbocycles. The number of aryl methyl sites for hydroxylation is 1. The molecule has 2 heterocycles. The topological polar surface area (TPSA) is 92.8 Å². The third-order valence-electron chi connectivity index (χ3n) is 1.98. The summed E-state index contributed by atoms with van der Waals surface area (Å²) in [4.78, 5) is 3.92. The fraction of sp³-hybridized carbons (Fsp3) is 0.333. The summed E-state index contributed by atoms with van der Waals surface area (Å²) in [5, 5.41) is 9.46. The fourth-order valence-corrected chi connectivity index (χ4v) is 1.30. The molecule has 2 aromatic rings. The molecular formula is C9H13N5O. The maximum absolute atomic E-state index is 5.38. The number of aromatic nitrogens is 3. The van der Waals surface area contributed by atoms with Gasteiger partial charge in [-0.15, -0.1) is 5.10 Å². The molecule has 0 aliphatic carbocycles. The van der Waals surface area contributed by atoms with Crippen molar-refractivity contribution in [3.05, 3.63) is 23.7 Å². The molecule has 0 unspecified atom stereocenters. The first-order valence-corrected chi connectivity index (χ1v) is 4.70. The van der Waals surface area contributed by atoms with Crippen LogP contribution in [0.2, 0.25) is 0 Å². The average Bonchev–Trinajstić information content (AvgIpc) is 2.76. The van der Waals surface area contributed by atoms with Gasteiger partial charge in [-0.05, 0) is 25.0 Å². The molecule has 0 amide bonds. The van der Waals surface area contributed by atoms with E-state index in [2.05, 4.69) is 20.5 Å². The highest BCUT2D eigenvalue weighted by Crippen LogP contribution is 2.07. The van der Waals surface area contributed by atoms with Crippen molar-refractivity contribution in [3.63, 3.8) is 0 Å². The molecule has 0 saturated carbocycles. The van der Waals surface area contributed by atoms with Gasteiger partial charge in [0.1, 0.15) is 5.76 Å². The monoisotopic (exact) mass is 207 g/mol. The van der Waals surface area contributed by atoms with Gasteiger partial charge in [0.05, 0.1) is 6.26 Å². The van der Waals surface area contributed by atoms with Crippen LogP contribution in [0.25, 0.3) is 0 Å². The van der Waals surface area contributed by atoms with E-state index >= 15 is 0 Å². The highest BCUT2D eigenvalue weighted by atomic mass is 16.3. The van der Waals surface area contributed by atoms with Crippen LogP contribution in [0.1, 0.15) is 11.3 Å². The van der Waals surface area contributed by atoms with Crippen LogP contribution in [0.4, 0.5) is 11.9 Å². The number of nitrogens with one attached hydrogen (secondary N) is 2. The first kappa shape index (κ1) is 9.57. The predicted molar refractivity (Wildman–Crippen MR) is 56.4 cm³/mol. The van der Waals surface area contributed by atoms with E-state index in [4.69, 9.17) is 10.2 Å². The van der Waals surface area contributed by atoms with Gasteiger partial charge in [0.15, 0.2) is 0 Å². The lowest BCUT2D eigenvalue weighted by Gasteiger charge is -1.98. The molecule has 0 atom stereocenters. The van der Waals surface area contributed by atoms with Crippen molar-refractivity contribution in [3.8, 4) is 0 Å². The number of nitrogens with zero attached hydrogens (tertiary/aromatic N) is 2. The second-order valence-electron chi connectivity index (χ2n) is 3.29. The van der Waals surface area contributed by atoms with Gasteiger partial charge in [0.2, 0.25) is 11.9 Å². The quantitative estimate of drug-likeness (QED) is 0.693. The Bertz CT molecular complexity index is 393. The van der Waals surface area contributed by atoms with Gasteiger partial charge in [-0.1, -0.05) is 0 Å². The van der Waals surface area contributed by atoms with Crippen molar-refractivity contribution in [1.82, 2.24) is 15.2 Å². The summed E-state index contributed by atoms with van der Waals surface area (Å²) in [7, 11) is 0. The Morgan fingerprint density at radius 3 is 3.07 bits per heavy atom. The maximum Gasteiger partial charge on any atom is 0.243 e. The van der Waals surface area contributed by atoms with Crippen LogP contribution in [0, 0.1) is 6.92 Å². The van der Waals surface area contributed by atoms with E-state index in [9.17, 15) is 0 Å². The molecule has 0 bridgehead atoms. The largest absolute Gasteiger partial charge is 0.469 e. The Hall–Kier alpha value is -1.98. The van der Waals surface area contributed by atoms with Gasteiger partial charge < -0.3 is 15.5 Å². The van der Waals surface area contributed by atoms with E-state index < -0.39 is 0 Å². The summed E-state index contributed by atoms with van der Waals surface area (Å²) in [5.74, 6) is 1.76. The molecule has 0 saturated heterocycles. The van der Waals surface area contributed by atoms with Crippen molar-refractivity contribution < 1.29 is 4.42 Å². The number of aromatic amines is 1. The van der Waals surface area contributed by atoms with Gasteiger partial charge in [0, 0.05) is 6.54 Å². The second kappa shape index (κ2) is 4.04. The van der Waals surface area contributed by atoms with E-state index in [0.29, 0.717) is 11.9 Å². The number of nitrogens with two attached hydrogens (primary N) is 1. The Morgan fingerprint density at radius 2 is 2.47 bits per heavy atom. The van der Waals surface area contributed by atoms with Gasteiger partial charge in [-0.2, -0.15) is 4.98 Å². The number of H-pyrrole nitrogens is 1. The van der Waals surface area contributed by atoms with Crippen LogP contribution in [-0.4, -0.2) is 21.7 Å². The molecule has 2 aromatic heterocycles. The lowest BCUT2D eigenvalue weighted by molar-refractivity contribution is 0.532. The highest BCUT2D eigenvalue weighted by molar-refractivity contribution is 5.30. The van der Waals surface area contributed by atoms with Gasteiger partial charge >= 0.3 is 0 Å².